The second kappa shape index (κ2) is 4.04. The van der Waals surface area contributed by atoms with E-state index in [0.717, 1.165) is 5.56 Å². The molecule has 0 aliphatic heterocycles. The Labute approximate surface area is 79.1 Å². The molecule has 0 aromatic heterocycles. The zero-order chi connectivity index (χ0) is 9.84. The highest BCUT2D eigenvalue weighted by Crippen LogP contribution is 2.18. The molecule has 0 radical (unpaired) electrons. The molecule has 68 valence electrons. The number of hydrogen-bond donors (Lipinski definition) is 0. The van der Waals surface area contributed by atoms with Gasteiger partial charge in [0.1, 0.15) is 0 Å². The minimum Gasteiger partial charge on any atom is -0.294 e. The van der Waals surface area contributed by atoms with Gasteiger partial charge < -0.3 is 0 Å². The largest absolute Gasteiger partial charge is 0.294 e. The van der Waals surface area contributed by atoms with Crippen molar-refractivity contribution in [3.63, 3.8) is 0 Å². The molecule has 0 spiro atoms. The lowest BCUT2D eigenvalue weighted by molar-refractivity contribution is -0.116. The van der Waals surface area contributed by atoms with Gasteiger partial charge in [-0.15, -0.1) is 0 Å². The van der Waals surface area contributed by atoms with E-state index in [4.69, 9.17) is 0 Å². The maximum atomic E-state index is 11.5. The second-order valence-electron chi connectivity index (χ2n) is 3.28. The third kappa shape index (κ3) is 2.28. The number of ketones is 1. The summed E-state index contributed by atoms with van der Waals surface area (Å²) < 4.78 is 0. The van der Waals surface area contributed by atoms with E-state index in [0.29, 0.717) is 5.57 Å². The van der Waals surface area contributed by atoms with Crippen molar-refractivity contribution in [3.05, 3.63) is 48.0 Å². The lowest BCUT2D eigenvalue weighted by atomic mass is 9.94. The van der Waals surface area contributed by atoms with Crippen LogP contribution in [-0.4, -0.2) is 5.78 Å². The highest BCUT2D eigenvalue weighted by atomic mass is 16.1. The zero-order valence-electron chi connectivity index (χ0n) is 8.08. The van der Waals surface area contributed by atoms with Crippen LogP contribution in [0.5, 0.6) is 0 Å². The molecular formula is C12H14O. The summed E-state index contributed by atoms with van der Waals surface area (Å²) in [5.74, 6) is 0.0462. The van der Waals surface area contributed by atoms with Crippen LogP contribution in [0.15, 0.2) is 42.5 Å². The average Bonchev–Trinajstić information content (AvgIpc) is 2.17. The normalized spacial score (nSPS) is 12.2. The molecule has 0 heterocycles. The summed E-state index contributed by atoms with van der Waals surface area (Å²) in [5, 5.41) is 0. The minimum absolute atomic E-state index is 0.0706. The Bertz CT molecular complexity index is 311. The molecule has 1 atom stereocenters. The van der Waals surface area contributed by atoms with Crippen LogP contribution in [0.2, 0.25) is 0 Å². The standard InChI is InChI=1S/C12H14O/c1-9(2)12(13)10(3)11-7-5-4-6-8-11/h4-8,10H,1H2,2-3H3/t10-/m0/s1. The number of carbonyl (C=O) groups is 1. The molecule has 1 nitrogen and oxygen atoms in total. The third-order valence-electron chi connectivity index (χ3n) is 2.11. The number of Topliss-reactive ketones (excluding diaryl/α,β-unsaturated/α-hetero) is 1. The molecule has 0 unspecified atom stereocenters. The molecule has 1 rings (SSSR count). The van der Waals surface area contributed by atoms with Crippen molar-refractivity contribution in [2.45, 2.75) is 19.8 Å². The average molecular weight is 174 g/mol. The molecule has 0 saturated carbocycles. The summed E-state index contributed by atoms with van der Waals surface area (Å²) in [6.07, 6.45) is 0. The van der Waals surface area contributed by atoms with E-state index >= 15 is 0 Å². The van der Waals surface area contributed by atoms with Crippen molar-refractivity contribution in [2.75, 3.05) is 0 Å². The van der Waals surface area contributed by atoms with Gasteiger partial charge in [-0.25, -0.2) is 0 Å². The van der Waals surface area contributed by atoms with Crippen molar-refractivity contribution < 1.29 is 4.79 Å². The van der Waals surface area contributed by atoms with Crippen molar-refractivity contribution in [2.24, 2.45) is 0 Å². The lowest BCUT2D eigenvalue weighted by Gasteiger charge is -2.09. The Morgan fingerprint density at radius 1 is 1.31 bits per heavy atom. The van der Waals surface area contributed by atoms with Crippen LogP contribution in [0, 0.1) is 0 Å². The molecule has 1 heteroatoms. The maximum Gasteiger partial charge on any atom is 0.165 e. The monoisotopic (exact) mass is 174 g/mol. The van der Waals surface area contributed by atoms with Gasteiger partial charge in [0, 0.05) is 5.92 Å². The molecule has 0 bridgehead atoms. The fraction of sp³-hybridized carbons (Fsp3) is 0.250. The van der Waals surface area contributed by atoms with E-state index in [1.807, 2.05) is 37.3 Å². The second-order valence-corrected chi connectivity index (χ2v) is 3.28. The van der Waals surface area contributed by atoms with E-state index in [2.05, 4.69) is 6.58 Å². The van der Waals surface area contributed by atoms with Gasteiger partial charge in [-0.1, -0.05) is 43.8 Å². The Morgan fingerprint density at radius 3 is 2.31 bits per heavy atom. The van der Waals surface area contributed by atoms with Gasteiger partial charge in [-0.3, -0.25) is 4.79 Å². The fourth-order valence-electron chi connectivity index (χ4n) is 1.26. The van der Waals surface area contributed by atoms with Crippen LogP contribution in [0.25, 0.3) is 0 Å². The predicted octanol–water partition coefficient (Wildman–Crippen LogP) is 2.94. The smallest absolute Gasteiger partial charge is 0.165 e. The first-order valence-electron chi connectivity index (χ1n) is 4.37. The van der Waals surface area contributed by atoms with E-state index in [-0.39, 0.29) is 11.7 Å². The Balaban J connectivity index is 2.86. The molecular weight excluding hydrogens is 160 g/mol. The minimum atomic E-state index is -0.0706. The van der Waals surface area contributed by atoms with Crippen LogP contribution in [-0.2, 0) is 4.79 Å². The number of hydrogen-bond acceptors (Lipinski definition) is 1. The number of benzene rings is 1. The highest BCUT2D eigenvalue weighted by Gasteiger charge is 2.14. The number of allylic oxidation sites excluding steroid dienone is 1. The Kier molecular flexibility index (Phi) is 3.02. The van der Waals surface area contributed by atoms with Crippen LogP contribution >= 0.6 is 0 Å². The van der Waals surface area contributed by atoms with Gasteiger partial charge in [0.05, 0.1) is 0 Å². The maximum absolute atomic E-state index is 11.5. The highest BCUT2D eigenvalue weighted by molar-refractivity contribution is 5.98. The van der Waals surface area contributed by atoms with Gasteiger partial charge in [-0.05, 0) is 18.1 Å². The molecule has 0 fully saturated rings. The van der Waals surface area contributed by atoms with Gasteiger partial charge in [-0.2, -0.15) is 0 Å². The number of rotatable bonds is 3. The molecule has 0 N–H and O–H groups in total. The molecule has 1 aromatic rings. The van der Waals surface area contributed by atoms with Gasteiger partial charge >= 0.3 is 0 Å². The summed E-state index contributed by atoms with van der Waals surface area (Å²) in [6, 6.07) is 9.76. The van der Waals surface area contributed by atoms with Crippen LogP contribution < -0.4 is 0 Å². The van der Waals surface area contributed by atoms with Crippen molar-refractivity contribution >= 4 is 5.78 Å². The van der Waals surface area contributed by atoms with Crippen LogP contribution in [0.3, 0.4) is 0 Å². The first kappa shape index (κ1) is 9.72. The molecule has 0 saturated heterocycles. The molecule has 0 aliphatic rings. The summed E-state index contributed by atoms with van der Waals surface area (Å²) in [5.41, 5.74) is 1.67. The predicted molar refractivity (Wildman–Crippen MR) is 54.7 cm³/mol. The van der Waals surface area contributed by atoms with E-state index in [1.54, 1.807) is 6.92 Å². The molecule has 0 amide bonds. The topological polar surface area (TPSA) is 17.1 Å². The summed E-state index contributed by atoms with van der Waals surface area (Å²) in [6.45, 7) is 7.31. The Hall–Kier alpha value is -1.37. The summed E-state index contributed by atoms with van der Waals surface area (Å²) >= 11 is 0. The van der Waals surface area contributed by atoms with E-state index < -0.39 is 0 Å². The summed E-state index contributed by atoms with van der Waals surface area (Å²) in [7, 11) is 0. The van der Waals surface area contributed by atoms with Gasteiger partial charge in [0.25, 0.3) is 0 Å². The first-order chi connectivity index (χ1) is 6.13. The van der Waals surface area contributed by atoms with Crippen LogP contribution in [0.4, 0.5) is 0 Å². The third-order valence-corrected chi connectivity index (χ3v) is 2.11. The van der Waals surface area contributed by atoms with E-state index in [1.165, 1.54) is 0 Å². The quantitative estimate of drug-likeness (QED) is 0.644. The Morgan fingerprint density at radius 2 is 1.85 bits per heavy atom. The van der Waals surface area contributed by atoms with Gasteiger partial charge in [0.15, 0.2) is 5.78 Å². The zero-order valence-corrected chi connectivity index (χ0v) is 8.08. The molecule has 0 aliphatic carbocycles. The van der Waals surface area contributed by atoms with Crippen molar-refractivity contribution in [3.8, 4) is 0 Å². The lowest BCUT2D eigenvalue weighted by Crippen LogP contribution is -2.09. The summed E-state index contributed by atoms with van der Waals surface area (Å²) in [4.78, 5) is 11.5. The molecule has 1 aromatic carbocycles. The fourth-order valence-corrected chi connectivity index (χ4v) is 1.26. The molecule has 13 heavy (non-hydrogen) atoms. The van der Waals surface area contributed by atoms with Gasteiger partial charge in [0.2, 0.25) is 0 Å². The number of carbonyl (C=O) groups excluding carboxylic acids is 1. The van der Waals surface area contributed by atoms with Crippen molar-refractivity contribution in [1.82, 2.24) is 0 Å². The van der Waals surface area contributed by atoms with Crippen LogP contribution in [0.1, 0.15) is 25.3 Å². The SMILES string of the molecule is C=C(C)C(=O)[C@@H](C)c1ccccc1. The first-order valence-corrected chi connectivity index (χ1v) is 4.37. The van der Waals surface area contributed by atoms with Crippen molar-refractivity contribution in [1.29, 1.82) is 0 Å². The van der Waals surface area contributed by atoms with E-state index in [9.17, 15) is 4.79 Å².